The number of amides is 1. The fourth-order valence-electron chi connectivity index (χ4n) is 2.63. The van der Waals surface area contributed by atoms with Gasteiger partial charge in [0.2, 0.25) is 5.91 Å². The SMILES string of the molecule is CC(C)CCN1CCC(CNC(=O)C2(N)CC2)CC1.Cl.Cl. The molecule has 0 unspecified atom stereocenters. The molecular formula is C15H31Cl2N3O. The summed E-state index contributed by atoms with van der Waals surface area (Å²) in [5.41, 5.74) is 5.36. The van der Waals surface area contributed by atoms with Crippen molar-refractivity contribution in [3.8, 4) is 0 Å². The maximum atomic E-state index is 11.8. The zero-order chi connectivity index (χ0) is 13.9. The first kappa shape index (κ1) is 21.0. The predicted molar refractivity (Wildman–Crippen MR) is 92.3 cm³/mol. The number of halogens is 2. The lowest BCUT2D eigenvalue weighted by Gasteiger charge is -2.32. The Morgan fingerprint density at radius 1 is 1.29 bits per heavy atom. The van der Waals surface area contributed by atoms with Crippen molar-refractivity contribution in [3.05, 3.63) is 0 Å². The van der Waals surface area contributed by atoms with Crippen LogP contribution in [0.5, 0.6) is 0 Å². The number of nitrogens with two attached hydrogens (primary N) is 1. The Hall–Kier alpha value is -0.0300. The van der Waals surface area contributed by atoms with Crippen molar-refractivity contribution in [2.45, 2.75) is 51.5 Å². The van der Waals surface area contributed by atoms with Gasteiger partial charge in [-0.15, -0.1) is 24.8 Å². The van der Waals surface area contributed by atoms with E-state index in [1.54, 1.807) is 0 Å². The van der Waals surface area contributed by atoms with Gasteiger partial charge in [-0.1, -0.05) is 13.8 Å². The number of carbonyl (C=O) groups excluding carboxylic acids is 1. The Morgan fingerprint density at radius 3 is 2.33 bits per heavy atom. The van der Waals surface area contributed by atoms with Gasteiger partial charge in [0.1, 0.15) is 0 Å². The van der Waals surface area contributed by atoms with Crippen LogP contribution in [0.15, 0.2) is 0 Å². The van der Waals surface area contributed by atoms with Crippen molar-refractivity contribution >= 4 is 30.7 Å². The lowest BCUT2D eigenvalue weighted by atomic mass is 9.96. The van der Waals surface area contributed by atoms with Crippen LogP contribution in [0.3, 0.4) is 0 Å². The fraction of sp³-hybridized carbons (Fsp3) is 0.933. The lowest BCUT2D eigenvalue weighted by molar-refractivity contribution is -0.123. The maximum absolute atomic E-state index is 11.8. The molecule has 0 aromatic carbocycles. The molecule has 0 spiro atoms. The molecule has 1 aliphatic heterocycles. The number of rotatable bonds is 6. The molecule has 1 aliphatic carbocycles. The molecule has 4 nitrogen and oxygen atoms in total. The second-order valence-corrected chi connectivity index (χ2v) is 6.83. The van der Waals surface area contributed by atoms with Crippen molar-refractivity contribution in [2.75, 3.05) is 26.2 Å². The van der Waals surface area contributed by atoms with Crippen molar-refractivity contribution < 1.29 is 4.79 Å². The monoisotopic (exact) mass is 339 g/mol. The van der Waals surface area contributed by atoms with Crippen LogP contribution >= 0.6 is 24.8 Å². The van der Waals surface area contributed by atoms with Crippen molar-refractivity contribution in [1.82, 2.24) is 10.2 Å². The Bertz CT molecular complexity index is 314. The Labute approximate surface area is 141 Å². The molecule has 1 saturated heterocycles. The average molecular weight is 340 g/mol. The third-order valence-corrected chi connectivity index (χ3v) is 4.52. The van der Waals surface area contributed by atoms with E-state index in [-0.39, 0.29) is 30.7 Å². The standard InChI is InChI=1S/C15H29N3O.2ClH/c1-12(2)3-8-18-9-4-13(5-10-18)11-17-14(19)15(16)6-7-15;;/h12-13H,3-11,16H2,1-2H3,(H,17,19);2*1H. The molecule has 6 heteroatoms. The number of piperidine rings is 1. The van der Waals surface area contributed by atoms with Crippen LogP contribution in [0.25, 0.3) is 0 Å². The third-order valence-electron chi connectivity index (χ3n) is 4.52. The van der Waals surface area contributed by atoms with Crippen molar-refractivity contribution in [2.24, 2.45) is 17.6 Å². The summed E-state index contributed by atoms with van der Waals surface area (Å²) in [5, 5.41) is 3.04. The molecule has 2 fully saturated rings. The first-order chi connectivity index (χ1) is 8.99. The molecule has 1 heterocycles. The van der Waals surface area contributed by atoms with E-state index < -0.39 is 5.54 Å². The van der Waals surface area contributed by atoms with E-state index in [9.17, 15) is 4.79 Å². The molecule has 2 aliphatic rings. The molecule has 1 saturated carbocycles. The summed E-state index contributed by atoms with van der Waals surface area (Å²) in [6.07, 6.45) is 5.40. The molecule has 0 atom stereocenters. The van der Waals surface area contributed by atoms with Gasteiger partial charge >= 0.3 is 0 Å². The third kappa shape index (κ3) is 6.72. The zero-order valence-corrected chi connectivity index (χ0v) is 14.9. The number of hydrogen-bond acceptors (Lipinski definition) is 3. The Morgan fingerprint density at radius 2 is 1.86 bits per heavy atom. The molecular weight excluding hydrogens is 309 g/mol. The highest BCUT2D eigenvalue weighted by Gasteiger charge is 2.45. The van der Waals surface area contributed by atoms with Crippen LogP contribution in [-0.2, 0) is 4.79 Å². The van der Waals surface area contributed by atoms with Gasteiger partial charge in [0, 0.05) is 6.54 Å². The molecule has 0 aromatic heterocycles. The molecule has 0 aromatic rings. The number of nitrogens with zero attached hydrogens (tertiary/aromatic N) is 1. The second kappa shape index (κ2) is 9.19. The van der Waals surface area contributed by atoms with Gasteiger partial charge in [-0.25, -0.2) is 0 Å². The summed E-state index contributed by atoms with van der Waals surface area (Å²) in [5.74, 6) is 1.49. The van der Waals surface area contributed by atoms with Gasteiger partial charge in [-0.05, 0) is 63.6 Å². The van der Waals surface area contributed by atoms with Gasteiger partial charge in [-0.2, -0.15) is 0 Å². The minimum absolute atomic E-state index is 0. The van der Waals surface area contributed by atoms with E-state index in [0.29, 0.717) is 5.92 Å². The zero-order valence-electron chi connectivity index (χ0n) is 13.3. The van der Waals surface area contributed by atoms with Crippen LogP contribution in [0.4, 0.5) is 0 Å². The van der Waals surface area contributed by atoms with E-state index in [0.717, 1.165) is 25.3 Å². The van der Waals surface area contributed by atoms with E-state index in [2.05, 4.69) is 24.1 Å². The van der Waals surface area contributed by atoms with E-state index in [4.69, 9.17) is 5.73 Å². The summed E-state index contributed by atoms with van der Waals surface area (Å²) in [4.78, 5) is 14.3. The summed E-state index contributed by atoms with van der Waals surface area (Å²) in [6, 6.07) is 0. The van der Waals surface area contributed by atoms with Gasteiger partial charge in [0.15, 0.2) is 0 Å². The van der Waals surface area contributed by atoms with E-state index in [1.165, 1.54) is 38.9 Å². The largest absolute Gasteiger partial charge is 0.354 e. The number of nitrogens with one attached hydrogen (secondary N) is 1. The molecule has 0 bridgehead atoms. The fourth-order valence-corrected chi connectivity index (χ4v) is 2.63. The van der Waals surface area contributed by atoms with Crippen molar-refractivity contribution in [3.63, 3.8) is 0 Å². The summed E-state index contributed by atoms with van der Waals surface area (Å²) >= 11 is 0. The predicted octanol–water partition coefficient (Wildman–Crippen LogP) is 2.20. The van der Waals surface area contributed by atoms with E-state index in [1.807, 2.05) is 0 Å². The first-order valence-corrected chi connectivity index (χ1v) is 7.79. The quantitative estimate of drug-likeness (QED) is 0.779. The van der Waals surface area contributed by atoms with Gasteiger partial charge < -0.3 is 16.0 Å². The highest BCUT2D eigenvalue weighted by Crippen LogP contribution is 2.32. The highest BCUT2D eigenvalue weighted by molar-refractivity contribution is 5.88. The smallest absolute Gasteiger partial charge is 0.240 e. The van der Waals surface area contributed by atoms with Crippen LogP contribution in [-0.4, -0.2) is 42.5 Å². The Balaban J connectivity index is 0.00000200. The molecule has 21 heavy (non-hydrogen) atoms. The molecule has 1 amide bonds. The Kier molecular flexibility index (Phi) is 9.17. The average Bonchev–Trinajstić information content (AvgIpc) is 3.14. The molecule has 3 N–H and O–H groups in total. The molecule has 2 rings (SSSR count). The topological polar surface area (TPSA) is 58.4 Å². The highest BCUT2D eigenvalue weighted by atomic mass is 35.5. The molecule has 0 radical (unpaired) electrons. The van der Waals surface area contributed by atoms with Crippen molar-refractivity contribution in [1.29, 1.82) is 0 Å². The lowest BCUT2D eigenvalue weighted by Crippen LogP contribution is -2.46. The number of hydrogen-bond donors (Lipinski definition) is 2. The minimum atomic E-state index is -0.516. The normalized spacial score (nSPS) is 21.3. The summed E-state index contributed by atoms with van der Waals surface area (Å²) in [7, 11) is 0. The van der Waals surface area contributed by atoms with Gasteiger partial charge in [-0.3, -0.25) is 4.79 Å². The van der Waals surface area contributed by atoms with Crippen LogP contribution < -0.4 is 11.1 Å². The van der Waals surface area contributed by atoms with Crippen LogP contribution in [0.2, 0.25) is 0 Å². The minimum Gasteiger partial charge on any atom is -0.354 e. The maximum Gasteiger partial charge on any atom is 0.240 e. The molecule has 126 valence electrons. The number of likely N-dealkylation sites (tertiary alicyclic amines) is 1. The summed E-state index contributed by atoms with van der Waals surface area (Å²) in [6.45, 7) is 8.96. The van der Waals surface area contributed by atoms with E-state index >= 15 is 0 Å². The van der Waals surface area contributed by atoms with Gasteiger partial charge in [0.25, 0.3) is 0 Å². The second-order valence-electron chi connectivity index (χ2n) is 6.83. The number of carbonyl (C=O) groups is 1. The summed E-state index contributed by atoms with van der Waals surface area (Å²) < 4.78 is 0. The van der Waals surface area contributed by atoms with Crippen LogP contribution in [0.1, 0.15) is 46.0 Å². The first-order valence-electron chi connectivity index (χ1n) is 7.79. The van der Waals surface area contributed by atoms with Crippen LogP contribution in [0, 0.1) is 11.8 Å². The van der Waals surface area contributed by atoms with Gasteiger partial charge in [0.05, 0.1) is 5.54 Å².